The SMILES string of the molecule is Cc1ccc(C)c(OCn2ccc(C(=O)Nc3cccc(Cn4cc(Br)cn4)c3)n2)c1. The van der Waals surface area contributed by atoms with Gasteiger partial charge in [-0.15, -0.1) is 0 Å². The summed E-state index contributed by atoms with van der Waals surface area (Å²) in [4.78, 5) is 12.6. The number of amides is 1. The Morgan fingerprint density at radius 3 is 2.81 bits per heavy atom. The molecule has 158 valence electrons. The lowest BCUT2D eigenvalue weighted by molar-refractivity contribution is 0.102. The average Bonchev–Trinajstić information content (AvgIpc) is 3.38. The van der Waals surface area contributed by atoms with E-state index in [1.165, 1.54) is 0 Å². The van der Waals surface area contributed by atoms with Gasteiger partial charge in [0, 0.05) is 18.1 Å². The molecule has 2 aromatic heterocycles. The molecule has 2 aromatic carbocycles. The number of benzene rings is 2. The van der Waals surface area contributed by atoms with Gasteiger partial charge in [0.15, 0.2) is 12.4 Å². The van der Waals surface area contributed by atoms with E-state index in [-0.39, 0.29) is 12.6 Å². The van der Waals surface area contributed by atoms with Crippen LogP contribution in [0.5, 0.6) is 5.75 Å². The zero-order valence-electron chi connectivity index (χ0n) is 17.2. The number of aromatic nitrogens is 4. The quantitative estimate of drug-likeness (QED) is 0.413. The van der Waals surface area contributed by atoms with Crippen LogP contribution in [0.3, 0.4) is 0 Å². The van der Waals surface area contributed by atoms with Gasteiger partial charge in [-0.3, -0.25) is 9.48 Å². The van der Waals surface area contributed by atoms with Crippen LogP contribution in [0.4, 0.5) is 5.69 Å². The maximum atomic E-state index is 12.6. The Labute approximate surface area is 188 Å². The summed E-state index contributed by atoms with van der Waals surface area (Å²) in [6.45, 7) is 4.85. The van der Waals surface area contributed by atoms with E-state index >= 15 is 0 Å². The van der Waals surface area contributed by atoms with E-state index in [0.29, 0.717) is 17.9 Å². The Kier molecular flexibility index (Phi) is 6.18. The molecule has 0 atom stereocenters. The fourth-order valence-electron chi connectivity index (χ4n) is 3.11. The second-order valence-electron chi connectivity index (χ2n) is 7.29. The number of aryl methyl sites for hydroxylation is 2. The Bertz CT molecular complexity index is 1210. The van der Waals surface area contributed by atoms with Gasteiger partial charge in [0.25, 0.3) is 5.91 Å². The molecule has 0 saturated heterocycles. The van der Waals surface area contributed by atoms with E-state index in [1.54, 1.807) is 23.1 Å². The van der Waals surface area contributed by atoms with Crippen molar-refractivity contribution in [2.45, 2.75) is 27.1 Å². The average molecular weight is 480 g/mol. The largest absolute Gasteiger partial charge is 0.471 e. The van der Waals surface area contributed by atoms with Gasteiger partial charge in [-0.2, -0.15) is 10.2 Å². The fraction of sp³-hybridized carbons (Fsp3) is 0.174. The van der Waals surface area contributed by atoms with Crippen LogP contribution in [0.15, 0.2) is 71.6 Å². The Morgan fingerprint density at radius 2 is 2.00 bits per heavy atom. The molecule has 0 aliphatic carbocycles. The molecule has 0 spiro atoms. The summed E-state index contributed by atoms with van der Waals surface area (Å²) in [6.07, 6.45) is 5.37. The lowest BCUT2D eigenvalue weighted by Crippen LogP contribution is -2.14. The smallest absolute Gasteiger partial charge is 0.276 e. The second-order valence-corrected chi connectivity index (χ2v) is 8.21. The minimum atomic E-state index is -0.274. The monoisotopic (exact) mass is 479 g/mol. The highest BCUT2D eigenvalue weighted by Crippen LogP contribution is 2.19. The molecule has 31 heavy (non-hydrogen) atoms. The van der Waals surface area contributed by atoms with Crippen LogP contribution in [0.25, 0.3) is 0 Å². The lowest BCUT2D eigenvalue weighted by Gasteiger charge is -2.10. The molecule has 2 heterocycles. The predicted octanol–water partition coefficient (Wildman–Crippen LogP) is 4.80. The van der Waals surface area contributed by atoms with Crippen LogP contribution in [-0.2, 0) is 13.3 Å². The Morgan fingerprint density at radius 1 is 1.13 bits per heavy atom. The summed E-state index contributed by atoms with van der Waals surface area (Å²) in [5.41, 5.74) is 4.24. The summed E-state index contributed by atoms with van der Waals surface area (Å²) in [5, 5.41) is 11.5. The molecule has 0 saturated carbocycles. The number of carbonyl (C=O) groups excluding carboxylic acids is 1. The number of halogens is 1. The minimum absolute atomic E-state index is 0.229. The maximum absolute atomic E-state index is 12.6. The van der Waals surface area contributed by atoms with Gasteiger partial charge in [-0.1, -0.05) is 24.3 Å². The third-order valence-corrected chi connectivity index (χ3v) is 5.11. The molecule has 0 radical (unpaired) electrons. The van der Waals surface area contributed by atoms with Gasteiger partial charge in [0.2, 0.25) is 0 Å². The number of hydrogen-bond acceptors (Lipinski definition) is 4. The highest BCUT2D eigenvalue weighted by Gasteiger charge is 2.11. The van der Waals surface area contributed by atoms with Gasteiger partial charge in [0.05, 0.1) is 17.2 Å². The molecule has 0 unspecified atom stereocenters. The molecular formula is C23H22BrN5O2. The van der Waals surface area contributed by atoms with E-state index in [2.05, 4.69) is 31.4 Å². The van der Waals surface area contributed by atoms with Gasteiger partial charge in [-0.25, -0.2) is 4.68 Å². The Balaban J connectivity index is 1.37. The Hall–Kier alpha value is -3.39. The molecule has 1 amide bonds. The number of carbonyl (C=O) groups is 1. The number of anilines is 1. The van der Waals surface area contributed by atoms with Crippen LogP contribution in [0, 0.1) is 13.8 Å². The second kappa shape index (κ2) is 9.18. The molecule has 0 aliphatic heterocycles. The van der Waals surface area contributed by atoms with E-state index < -0.39 is 0 Å². The van der Waals surface area contributed by atoms with Crippen molar-refractivity contribution >= 4 is 27.5 Å². The summed E-state index contributed by atoms with van der Waals surface area (Å²) in [5.74, 6) is 0.534. The van der Waals surface area contributed by atoms with E-state index in [4.69, 9.17) is 4.74 Å². The van der Waals surface area contributed by atoms with Gasteiger partial charge in [0.1, 0.15) is 5.75 Å². The minimum Gasteiger partial charge on any atom is -0.471 e. The third-order valence-electron chi connectivity index (χ3n) is 4.70. The third kappa shape index (κ3) is 5.40. The molecule has 7 nitrogen and oxygen atoms in total. The van der Waals surface area contributed by atoms with Crippen LogP contribution < -0.4 is 10.1 Å². The summed E-state index contributed by atoms with van der Waals surface area (Å²) < 4.78 is 10.2. The molecule has 1 N–H and O–H groups in total. The predicted molar refractivity (Wildman–Crippen MR) is 122 cm³/mol. The van der Waals surface area contributed by atoms with Gasteiger partial charge in [-0.05, 0) is 70.7 Å². The van der Waals surface area contributed by atoms with Crippen molar-refractivity contribution in [2.24, 2.45) is 0 Å². The summed E-state index contributed by atoms with van der Waals surface area (Å²) in [7, 11) is 0. The van der Waals surface area contributed by atoms with Gasteiger partial charge < -0.3 is 10.1 Å². The van der Waals surface area contributed by atoms with Crippen molar-refractivity contribution in [3.8, 4) is 5.75 Å². The van der Waals surface area contributed by atoms with Crippen molar-refractivity contribution < 1.29 is 9.53 Å². The highest BCUT2D eigenvalue weighted by molar-refractivity contribution is 9.10. The van der Waals surface area contributed by atoms with E-state index in [0.717, 1.165) is 26.9 Å². The number of ether oxygens (including phenoxy) is 1. The topological polar surface area (TPSA) is 74.0 Å². The van der Waals surface area contributed by atoms with Crippen LogP contribution >= 0.6 is 15.9 Å². The number of rotatable bonds is 7. The molecule has 0 aliphatic rings. The first-order chi connectivity index (χ1) is 15.0. The van der Waals surface area contributed by atoms with Crippen molar-refractivity contribution in [2.75, 3.05) is 5.32 Å². The lowest BCUT2D eigenvalue weighted by atomic mass is 10.1. The standard InChI is InChI=1S/C23H22BrN5O2/c1-16-6-7-17(2)22(10-16)31-15-28-9-8-21(27-28)23(30)26-20-5-3-4-18(11-20)13-29-14-19(24)12-25-29/h3-12,14H,13,15H2,1-2H3,(H,26,30). The van der Waals surface area contributed by atoms with Crippen molar-refractivity contribution in [1.82, 2.24) is 19.6 Å². The number of nitrogens with one attached hydrogen (secondary N) is 1. The molecule has 0 fully saturated rings. The van der Waals surface area contributed by atoms with Crippen LogP contribution in [-0.4, -0.2) is 25.5 Å². The van der Waals surface area contributed by atoms with Crippen molar-refractivity contribution in [3.05, 3.63) is 94.0 Å². The summed E-state index contributed by atoms with van der Waals surface area (Å²) >= 11 is 3.39. The van der Waals surface area contributed by atoms with Crippen LogP contribution in [0.2, 0.25) is 0 Å². The van der Waals surface area contributed by atoms with Crippen molar-refractivity contribution in [1.29, 1.82) is 0 Å². The highest BCUT2D eigenvalue weighted by atomic mass is 79.9. The maximum Gasteiger partial charge on any atom is 0.276 e. The molecule has 8 heteroatoms. The molecule has 0 bridgehead atoms. The first-order valence-electron chi connectivity index (χ1n) is 9.78. The number of hydrogen-bond donors (Lipinski definition) is 1. The first-order valence-corrected chi connectivity index (χ1v) is 10.6. The fourth-order valence-corrected chi connectivity index (χ4v) is 3.44. The normalized spacial score (nSPS) is 10.8. The first kappa shape index (κ1) is 20.9. The zero-order chi connectivity index (χ0) is 21.8. The molecule has 4 aromatic rings. The van der Waals surface area contributed by atoms with E-state index in [9.17, 15) is 4.79 Å². The number of nitrogens with zero attached hydrogens (tertiary/aromatic N) is 4. The summed E-state index contributed by atoms with van der Waals surface area (Å²) in [6, 6.07) is 15.4. The van der Waals surface area contributed by atoms with Gasteiger partial charge >= 0.3 is 0 Å². The van der Waals surface area contributed by atoms with Crippen molar-refractivity contribution in [3.63, 3.8) is 0 Å². The van der Waals surface area contributed by atoms with Crippen LogP contribution in [0.1, 0.15) is 27.2 Å². The zero-order valence-corrected chi connectivity index (χ0v) is 18.8. The molecular weight excluding hydrogens is 458 g/mol. The van der Waals surface area contributed by atoms with E-state index in [1.807, 2.05) is 67.2 Å². The molecule has 4 rings (SSSR count).